The number of H-pyrrole nitrogens is 1. The van der Waals surface area contributed by atoms with Gasteiger partial charge >= 0.3 is 0 Å². The molecule has 1 amide bonds. The molecule has 0 bridgehead atoms. The molecule has 2 aromatic rings. The Hall–Kier alpha value is -2.15. The second-order valence-electron chi connectivity index (χ2n) is 4.64. The maximum Gasteiger partial charge on any atom is 0.255 e. The lowest BCUT2D eigenvalue weighted by molar-refractivity contribution is 0.0950. The fourth-order valence-corrected chi connectivity index (χ4v) is 2.15. The Morgan fingerprint density at radius 3 is 2.86 bits per heavy atom. The van der Waals surface area contributed by atoms with Gasteiger partial charge in [-0.25, -0.2) is 4.98 Å². The van der Waals surface area contributed by atoms with E-state index >= 15 is 0 Å². The molecule has 0 fully saturated rings. The van der Waals surface area contributed by atoms with Crippen molar-refractivity contribution in [3.05, 3.63) is 56.5 Å². The topological polar surface area (TPSA) is 78.1 Å². The molecule has 0 aliphatic heterocycles. The lowest BCUT2D eigenvalue weighted by Crippen LogP contribution is -2.27. The van der Waals surface area contributed by atoms with Crippen LogP contribution in [0.3, 0.4) is 0 Å². The molecule has 2 aromatic heterocycles. The molecule has 0 saturated heterocycles. The largest absolute Gasteiger partial charge is 0.362 e. The number of nitrogens with one attached hydrogen (secondary N) is 2. The number of halogens is 1. The van der Waals surface area contributed by atoms with Crippen molar-refractivity contribution in [2.45, 2.75) is 6.54 Å². The molecular formula is C14H15BrN4O2. The van der Waals surface area contributed by atoms with E-state index in [2.05, 4.69) is 31.2 Å². The van der Waals surface area contributed by atoms with Crippen LogP contribution < -0.4 is 15.8 Å². The summed E-state index contributed by atoms with van der Waals surface area (Å²) in [4.78, 5) is 32.1. The predicted molar refractivity (Wildman–Crippen MR) is 84.5 cm³/mol. The second-order valence-corrected chi connectivity index (χ2v) is 5.56. The quantitative estimate of drug-likeness (QED) is 0.876. The van der Waals surface area contributed by atoms with E-state index < -0.39 is 0 Å². The fourth-order valence-electron chi connectivity index (χ4n) is 1.82. The van der Waals surface area contributed by atoms with Gasteiger partial charge in [0.2, 0.25) is 5.56 Å². The SMILES string of the molecule is CN(C)c1ncc(Br)cc1C(=O)NCc1cccc(=O)[nH]1. The summed E-state index contributed by atoms with van der Waals surface area (Å²) in [6, 6.07) is 6.53. The lowest BCUT2D eigenvalue weighted by Gasteiger charge is -2.16. The average Bonchev–Trinajstić information content (AvgIpc) is 2.44. The van der Waals surface area contributed by atoms with Crippen LogP contribution in [0.5, 0.6) is 0 Å². The third-order valence-electron chi connectivity index (χ3n) is 2.77. The van der Waals surface area contributed by atoms with E-state index in [1.54, 1.807) is 29.3 Å². The van der Waals surface area contributed by atoms with Crippen LogP contribution in [0.1, 0.15) is 16.1 Å². The first-order chi connectivity index (χ1) is 9.97. The third kappa shape index (κ3) is 3.91. The van der Waals surface area contributed by atoms with Gasteiger partial charge in [-0.3, -0.25) is 9.59 Å². The minimum Gasteiger partial charge on any atom is -0.362 e. The van der Waals surface area contributed by atoms with Gasteiger partial charge in [0, 0.05) is 36.5 Å². The van der Waals surface area contributed by atoms with Gasteiger partial charge in [-0.05, 0) is 28.1 Å². The molecule has 0 aliphatic rings. The van der Waals surface area contributed by atoms with Gasteiger partial charge in [0.25, 0.3) is 5.91 Å². The minimum atomic E-state index is -0.253. The van der Waals surface area contributed by atoms with Crippen LogP contribution in [0.2, 0.25) is 0 Å². The first-order valence-corrected chi connectivity index (χ1v) is 7.06. The molecule has 110 valence electrons. The van der Waals surface area contributed by atoms with E-state index in [0.29, 0.717) is 17.1 Å². The number of hydrogen-bond donors (Lipinski definition) is 2. The lowest BCUT2D eigenvalue weighted by atomic mass is 10.2. The second kappa shape index (κ2) is 6.53. The Balaban J connectivity index is 2.17. The van der Waals surface area contributed by atoms with Crippen molar-refractivity contribution in [2.24, 2.45) is 0 Å². The monoisotopic (exact) mass is 350 g/mol. The minimum absolute atomic E-state index is 0.195. The number of rotatable bonds is 4. The van der Waals surface area contributed by atoms with Crippen LogP contribution >= 0.6 is 15.9 Å². The number of carbonyl (C=O) groups is 1. The first-order valence-electron chi connectivity index (χ1n) is 6.26. The van der Waals surface area contributed by atoms with Crippen molar-refractivity contribution in [1.29, 1.82) is 0 Å². The molecule has 0 radical (unpaired) electrons. The molecule has 6 nitrogen and oxygen atoms in total. The van der Waals surface area contributed by atoms with Gasteiger partial charge in [-0.15, -0.1) is 0 Å². The van der Waals surface area contributed by atoms with Crippen LogP contribution in [-0.2, 0) is 6.54 Å². The molecule has 0 aromatic carbocycles. The maximum absolute atomic E-state index is 12.3. The summed E-state index contributed by atoms with van der Waals surface area (Å²) in [6.45, 7) is 0.244. The Kier molecular flexibility index (Phi) is 4.74. The van der Waals surface area contributed by atoms with Crippen LogP contribution in [-0.4, -0.2) is 30.0 Å². The highest BCUT2D eigenvalue weighted by atomic mass is 79.9. The van der Waals surface area contributed by atoms with Crippen LogP contribution in [0, 0.1) is 0 Å². The average molecular weight is 351 g/mol. The van der Waals surface area contributed by atoms with Gasteiger partial charge in [-0.2, -0.15) is 0 Å². The number of carbonyl (C=O) groups excluding carboxylic acids is 1. The highest BCUT2D eigenvalue weighted by molar-refractivity contribution is 9.10. The van der Waals surface area contributed by atoms with Gasteiger partial charge in [0.1, 0.15) is 5.82 Å². The number of anilines is 1. The summed E-state index contributed by atoms with van der Waals surface area (Å²) in [7, 11) is 3.64. The van der Waals surface area contributed by atoms with Crippen molar-refractivity contribution in [1.82, 2.24) is 15.3 Å². The highest BCUT2D eigenvalue weighted by Crippen LogP contribution is 2.19. The summed E-state index contributed by atoms with van der Waals surface area (Å²) in [6.07, 6.45) is 1.64. The number of aromatic amines is 1. The van der Waals surface area contributed by atoms with Crippen molar-refractivity contribution in [3.8, 4) is 0 Å². The van der Waals surface area contributed by atoms with E-state index in [1.165, 1.54) is 6.07 Å². The van der Waals surface area contributed by atoms with Gasteiger partial charge in [-0.1, -0.05) is 6.07 Å². The zero-order valence-corrected chi connectivity index (χ0v) is 13.3. The highest BCUT2D eigenvalue weighted by Gasteiger charge is 2.14. The molecule has 0 aliphatic carbocycles. The van der Waals surface area contributed by atoms with E-state index in [1.807, 2.05) is 14.1 Å². The zero-order chi connectivity index (χ0) is 15.4. The summed E-state index contributed by atoms with van der Waals surface area (Å²) in [5.74, 6) is 0.328. The van der Waals surface area contributed by atoms with Crippen LogP contribution in [0.25, 0.3) is 0 Å². The molecule has 0 unspecified atom stereocenters. The van der Waals surface area contributed by atoms with Crippen molar-refractivity contribution in [2.75, 3.05) is 19.0 Å². The Morgan fingerprint density at radius 2 is 2.19 bits per heavy atom. The van der Waals surface area contributed by atoms with Gasteiger partial charge in [0.05, 0.1) is 12.1 Å². The van der Waals surface area contributed by atoms with Crippen molar-refractivity contribution < 1.29 is 4.79 Å². The molecule has 21 heavy (non-hydrogen) atoms. The Bertz CT molecular complexity index is 712. The molecule has 0 saturated carbocycles. The Morgan fingerprint density at radius 1 is 1.43 bits per heavy atom. The number of amides is 1. The normalized spacial score (nSPS) is 10.2. The standard InChI is InChI=1S/C14H15BrN4O2/c1-19(2)13-11(6-9(15)7-16-13)14(21)17-8-10-4-3-5-12(20)18-10/h3-7H,8H2,1-2H3,(H,17,21)(H,18,20). The van der Waals surface area contributed by atoms with Gasteiger partial charge in [0.15, 0.2) is 0 Å². The Labute approximate surface area is 130 Å². The summed E-state index contributed by atoms with van der Waals surface area (Å²) in [5.41, 5.74) is 0.915. The van der Waals surface area contributed by atoms with E-state index in [-0.39, 0.29) is 18.0 Å². The van der Waals surface area contributed by atoms with Crippen molar-refractivity contribution in [3.63, 3.8) is 0 Å². The van der Waals surface area contributed by atoms with E-state index in [9.17, 15) is 9.59 Å². The molecule has 0 atom stereocenters. The molecule has 0 spiro atoms. The predicted octanol–water partition coefficient (Wildman–Crippen LogP) is 1.53. The fraction of sp³-hybridized carbons (Fsp3) is 0.214. The van der Waals surface area contributed by atoms with Crippen LogP contribution in [0.15, 0.2) is 39.7 Å². The molecule has 2 heterocycles. The molecular weight excluding hydrogens is 336 g/mol. The van der Waals surface area contributed by atoms with Gasteiger partial charge < -0.3 is 15.2 Å². The summed E-state index contributed by atoms with van der Waals surface area (Å²) in [5, 5.41) is 2.77. The first kappa shape index (κ1) is 15.2. The van der Waals surface area contributed by atoms with E-state index in [0.717, 1.165) is 4.47 Å². The van der Waals surface area contributed by atoms with Crippen molar-refractivity contribution >= 4 is 27.7 Å². The summed E-state index contributed by atoms with van der Waals surface area (Å²) >= 11 is 3.31. The smallest absolute Gasteiger partial charge is 0.255 e. The number of hydrogen-bond acceptors (Lipinski definition) is 4. The zero-order valence-electron chi connectivity index (χ0n) is 11.7. The molecule has 7 heteroatoms. The number of aromatic nitrogens is 2. The molecule has 2 rings (SSSR count). The maximum atomic E-state index is 12.3. The number of nitrogens with zero attached hydrogens (tertiary/aromatic N) is 2. The molecule has 2 N–H and O–H groups in total. The van der Waals surface area contributed by atoms with E-state index in [4.69, 9.17) is 0 Å². The number of pyridine rings is 2. The van der Waals surface area contributed by atoms with Crippen LogP contribution in [0.4, 0.5) is 5.82 Å². The third-order valence-corrected chi connectivity index (χ3v) is 3.20. The summed E-state index contributed by atoms with van der Waals surface area (Å²) < 4.78 is 0.728.